The first-order valence-electron chi connectivity index (χ1n) is 6.02. The second-order valence-electron chi connectivity index (χ2n) is 4.86. The van der Waals surface area contributed by atoms with E-state index in [1.54, 1.807) is 0 Å². The monoisotopic (exact) mass is 203 g/mol. The summed E-state index contributed by atoms with van der Waals surface area (Å²) in [5.74, 6) is 0.954. The fraction of sp³-hybridized carbons (Fsp3) is 0.571. The molecule has 0 aromatic heterocycles. The van der Waals surface area contributed by atoms with Crippen molar-refractivity contribution in [2.24, 2.45) is 5.92 Å². The SMILES string of the molecule is Cc1ccc(C)c(CNCC2CCC2)c1. The average molecular weight is 203 g/mol. The molecule has 0 amide bonds. The summed E-state index contributed by atoms with van der Waals surface area (Å²) in [6, 6.07) is 6.70. The van der Waals surface area contributed by atoms with Crippen LogP contribution in [-0.4, -0.2) is 6.54 Å². The van der Waals surface area contributed by atoms with Gasteiger partial charge in [-0.25, -0.2) is 0 Å². The van der Waals surface area contributed by atoms with Gasteiger partial charge in [0.2, 0.25) is 0 Å². The number of hydrogen-bond acceptors (Lipinski definition) is 1. The number of hydrogen-bond donors (Lipinski definition) is 1. The molecular weight excluding hydrogens is 182 g/mol. The van der Waals surface area contributed by atoms with Crippen molar-refractivity contribution in [2.75, 3.05) is 6.54 Å². The Bertz CT molecular complexity index is 326. The molecule has 1 aliphatic rings. The average Bonchev–Trinajstić information content (AvgIpc) is 2.15. The molecule has 1 heteroatoms. The summed E-state index contributed by atoms with van der Waals surface area (Å²) < 4.78 is 0. The maximum atomic E-state index is 3.57. The molecule has 0 spiro atoms. The smallest absolute Gasteiger partial charge is 0.0208 e. The quantitative estimate of drug-likeness (QED) is 0.792. The maximum Gasteiger partial charge on any atom is 0.0208 e. The van der Waals surface area contributed by atoms with Gasteiger partial charge < -0.3 is 5.32 Å². The van der Waals surface area contributed by atoms with Crippen molar-refractivity contribution in [1.29, 1.82) is 0 Å². The highest BCUT2D eigenvalue weighted by Crippen LogP contribution is 2.25. The molecule has 1 fully saturated rings. The predicted octanol–water partition coefficient (Wildman–Crippen LogP) is 3.19. The Kier molecular flexibility index (Phi) is 3.42. The van der Waals surface area contributed by atoms with Gasteiger partial charge in [0.15, 0.2) is 0 Å². The van der Waals surface area contributed by atoms with Crippen molar-refractivity contribution in [1.82, 2.24) is 5.32 Å². The molecule has 1 N–H and O–H groups in total. The molecule has 1 nitrogen and oxygen atoms in total. The second-order valence-corrected chi connectivity index (χ2v) is 4.86. The highest BCUT2D eigenvalue weighted by Gasteiger charge is 2.16. The summed E-state index contributed by atoms with van der Waals surface area (Å²) in [5, 5.41) is 3.57. The number of rotatable bonds is 4. The second kappa shape index (κ2) is 4.80. The summed E-state index contributed by atoms with van der Waals surface area (Å²) in [6.45, 7) is 6.59. The van der Waals surface area contributed by atoms with E-state index >= 15 is 0 Å². The molecule has 1 saturated carbocycles. The minimum atomic E-state index is 0.954. The Morgan fingerprint density at radius 1 is 1.27 bits per heavy atom. The summed E-state index contributed by atoms with van der Waals surface area (Å²) in [5.41, 5.74) is 4.22. The zero-order valence-corrected chi connectivity index (χ0v) is 9.84. The Balaban J connectivity index is 1.83. The van der Waals surface area contributed by atoms with Crippen LogP contribution < -0.4 is 5.32 Å². The number of nitrogens with one attached hydrogen (secondary N) is 1. The van der Waals surface area contributed by atoms with Gasteiger partial charge in [0.25, 0.3) is 0 Å². The molecule has 0 unspecified atom stereocenters. The molecule has 0 heterocycles. The van der Waals surface area contributed by atoms with Crippen molar-refractivity contribution in [3.05, 3.63) is 34.9 Å². The molecule has 0 atom stereocenters. The Hall–Kier alpha value is -0.820. The van der Waals surface area contributed by atoms with Crippen molar-refractivity contribution >= 4 is 0 Å². The van der Waals surface area contributed by atoms with E-state index < -0.39 is 0 Å². The lowest BCUT2D eigenvalue weighted by molar-refractivity contribution is 0.301. The van der Waals surface area contributed by atoms with Crippen LogP contribution in [0.3, 0.4) is 0 Å². The lowest BCUT2D eigenvalue weighted by Gasteiger charge is -2.25. The van der Waals surface area contributed by atoms with Gasteiger partial charge in [0.1, 0.15) is 0 Å². The zero-order chi connectivity index (χ0) is 10.7. The molecular formula is C14H21N. The normalized spacial score (nSPS) is 16.4. The van der Waals surface area contributed by atoms with Crippen LogP contribution >= 0.6 is 0 Å². The largest absolute Gasteiger partial charge is 0.312 e. The molecule has 1 aliphatic carbocycles. The lowest BCUT2D eigenvalue weighted by atomic mass is 9.85. The molecule has 15 heavy (non-hydrogen) atoms. The van der Waals surface area contributed by atoms with Crippen LogP contribution in [0.5, 0.6) is 0 Å². The molecule has 1 aromatic rings. The Labute approximate surface area is 92.9 Å². The third-order valence-corrected chi connectivity index (χ3v) is 3.48. The van der Waals surface area contributed by atoms with Crippen LogP contribution in [-0.2, 0) is 6.54 Å². The van der Waals surface area contributed by atoms with Gasteiger partial charge in [-0.2, -0.15) is 0 Å². The molecule has 0 saturated heterocycles. The highest BCUT2D eigenvalue weighted by molar-refractivity contribution is 5.30. The van der Waals surface area contributed by atoms with E-state index in [9.17, 15) is 0 Å². The first kappa shape index (κ1) is 10.7. The fourth-order valence-electron chi connectivity index (χ4n) is 2.10. The minimum Gasteiger partial charge on any atom is -0.312 e. The van der Waals surface area contributed by atoms with E-state index in [1.807, 2.05) is 0 Å². The van der Waals surface area contributed by atoms with Gasteiger partial charge >= 0.3 is 0 Å². The van der Waals surface area contributed by atoms with Gasteiger partial charge in [-0.05, 0) is 50.3 Å². The summed E-state index contributed by atoms with van der Waals surface area (Å²) in [7, 11) is 0. The van der Waals surface area contributed by atoms with Crippen LogP contribution in [0.2, 0.25) is 0 Å². The third-order valence-electron chi connectivity index (χ3n) is 3.48. The number of benzene rings is 1. The first-order valence-corrected chi connectivity index (χ1v) is 6.02. The molecule has 82 valence electrons. The van der Waals surface area contributed by atoms with Crippen LogP contribution in [0, 0.1) is 19.8 Å². The minimum absolute atomic E-state index is 0.954. The van der Waals surface area contributed by atoms with E-state index in [2.05, 4.69) is 37.4 Å². The standard InChI is InChI=1S/C14H21N/c1-11-6-7-12(2)14(8-11)10-15-9-13-4-3-5-13/h6-8,13,15H,3-5,9-10H2,1-2H3. The molecule has 0 bridgehead atoms. The molecule has 2 rings (SSSR count). The van der Waals surface area contributed by atoms with Crippen molar-refractivity contribution in [3.63, 3.8) is 0 Å². The fourth-order valence-corrected chi connectivity index (χ4v) is 2.10. The van der Waals surface area contributed by atoms with E-state index in [0.29, 0.717) is 0 Å². The highest BCUT2D eigenvalue weighted by atomic mass is 14.9. The van der Waals surface area contributed by atoms with E-state index in [-0.39, 0.29) is 0 Å². The maximum absolute atomic E-state index is 3.57. The molecule has 0 radical (unpaired) electrons. The Morgan fingerprint density at radius 3 is 2.73 bits per heavy atom. The zero-order valence-electron chi connectivity index (χ0n) is 9.84. The lowest BCUT2D eigenvalue weighted by Crippen LogP contribution is -2.27. The van der Waals surface area contributed by atoms with Gasteiger partial charge in [0.05, 0.1) is 0 Å². The predicted molar refractivity (Wildman–Crippen MR) is 65.0 cm³/mol. The topological polar surface area (TPSA) is 12.0 Å². The third kappa shape index (κ3) is 2.82. The van der Waals surface area contributed by atoms with E-state index in [4.69, 9.17) is 0 Å². The first-order chi connectivity index (χ1) is 7.25. The van der Waals surface area contributed by atoms with Gasteiger partial charge in [-0.15, -0.1) is 0 Å². The molecule has 0 aliphatic heterocycles. The van der Waals surface area contributed by atoms with Crippen LogP contribution in [0.15, 0.2) is 18.2 Å². The van der Waals surface area contributed by atoms with Crippen LogP contribution in [0.25, 0.3) is 0 Å². The van der Waals surface area contributed by atoms with Crippen molar-refractivity contribution in [3.8, 4) is 0 Å². The Morgan fingerprint density at radius 2 is 2.07 bits per heavy atom. The summed E-state index contributed by atoms with van der Waals surface area (Å²) in [6.07, 6.45) is 4.30. The molecule has 1 aromatic carbocycles. The van der Waals surface area contributed by atoms with E-state index in [1.165, 1.54) is 42.5 Å². The van der Waals surface area contributed by atoms with E-state index in [0.717, 1.165) is 12.5 Å². The van der Waals surface area contributed by atoms with Crippen molar-refractivity contribution in [2.45, 2.75) is 39.7 Å². The van der Waals surface area contributed by atoms with Gasteiger partial charge in [0, 0.05) is 6.54 Å². The van der Waals surface area contributed by atoms with Gasteiger partial charge in [-0.3, -0.25) is 0 Å². The van der Waals surface area contributed by atoms with Crippen LogP contribution in [0.1, 0.15) is 36.0 Å². The summed E-state index contributed by atoms with van der Waals surface area (Å²) in [4.78, 5) is 0. The number of aryl methyl sites for hydroxylation is 2. The van der Waals surface area contributed by atoms with Gasteiger partial charge in [-0.1, -0.05) is 30.2 Å². The summed E-state index contributed by atoms with van der Waals surface area (Å²) >= 11 is 0. The van der Waals surface area contributed by atoms with Crippen molar-refractivity contribution < 1.29 is 0 Å². The van der Waals surface area contributed by atoms with Crippen LogP contribution in [0.4, 0.5) is 0 Å².